The number of halogens is 1. The lowest BCUT2D eigenvalue weighted by molar-refractivity contribution is 0.304. The molecular weight excluding hydrogens is 503 g/mol. The van der Waals surface area contributed by atoms with Gasteiger partial charge in [-0.2, -0.15) is 0 Å². The van der Waals surface area contributed by atoms with Crippen molar-refractivity contribution in [3.8, 4) is 16.9 Å². The molecule has 1 nitrogen and oxygen atoms in total. The highest BCUT2D eigenvalue weighted by atomic mass is 127. The number of hydrogen-bond donors (Lipinski definition) is 0. The van der Waals surface area contributed by atoms with Crippen LogP contribution in [0, 0.1) is 3.57 Å². The summed E-state index contributed by atoms with van der Waals surface area (Å²) in [5.74, 6) is 0.991. The van der Waals surface area contributed by atoms with Crippen molar-refractivity contribution in [3.05, 3.63) is 52.1 Å². The molecule has 0 aliphatic rings. The fourth-order valence-corrected chi connectivity index (χ4v) is 4.92. The molecule has 2 heteroatoms. The summed E-state index contributed by atoms with van der Waals surface area (Å²) < 4.78 is 7.31. The molecule has 2 aromatic carbocycles. The van der Waals surface area contributed by atoms with Crippen molar-refractivity contribution in [2.24, 2.45) is 0 Å². The van der Waals surface area contributed by atoms with Crippen LogP contribution < -0.4 is 4.74 Å². The quantitative estimate of drug-likeness (QED) is 0.125. The Labute approximate surface area is 211 Å². The van der Waals surface area contributed by atoms with Crippen LogP contribution in [0.4, 0.5) is 0 Å². The zero-order valence-corrected chi connectivity index (χ0v) is 22.6. The molecule has 0 aliphatic heterocycles. The normalized spacial score (nSPS) is 11.1. The summed E-state index contributed by atoms with van der Waals surface area (Å²) in [5.41, 5.74) is 2.51. The van der Waals surface area contributed by atoms with E-state index in [2.05, 4.69) is 78.0 Å². The summed E-state index contributed by atoms with van der Waals surface area (Å²) in [6.45, 7) is 3.12. The van der Waals surface area contributed by atoms with Crippen molar-refractivity contribution < 1.29 is 4.74 Å². The lowest BCUT2D eigenvalue weighted by Gasteiger charge is -2.10. The van der Waals surface area contributed by atoms with Gasteiger partial charge >= 0.3 is 0 Å². The Morgan fingerprint density at radius 2 is 1.09 bits per heavy atom. The van der Waals surface area contributed by atoms with Crippen molar-refractivity contribution >= 4 is 22.6 Å². The molecule has 0 atom stereocenters. The summed E-state index contributed by atoms with van der Waals surface area (Å²) in [4.78, 5) is 0. The third-order valence-corrected chi connectivity index (χ3v) is 7.23. The van der Waals surface area contributed by atoms with E-state index in [0.29, 0.717) is 0 Å². The molecule has 0 unspecified atom stereocenters. The first-order chi connectivity index (χ1) is 15.8. The fourth-order valence-electron chi connectivity index (χ4n) is 4.27. The van der Waals surface area contributed by atoms with E-state index in [1.165, 1.54) is 111 Å². The van der Waals surface area contributed by atoms with Gasteiger partial charge in [0.2, 0.25) is 0 Å². The van der Waals surface area contributed by atoms with Crippen LogP contribution in [-0.2, 0) is 0 Å². The second kappa shape index (κ2) is 18.4. The van der Waals surface area contributed by atoms with E-state index in [-0.39, 0.29) is 0 Å². The Balaban J connectivity index is 1.41. The molecule has 2 aromatic rings. The van der Waals surface area contributed by atoms with Crippen LogP contribution >= 0.6 is 22.6 Å². The Hall–Kier alpha value is -1.03. The third kappa shape index (κ3) is 12.3. The Morgan fingerprint density at radius 3 is 1.62 bits per heavy atom. The lowest BCUT2D eigenvalue weighted by atomic mass is 10.0. The predicted octanol–water partition coefficient (Wildman–Crippen LogP) is 10.6. The van der Waals surface area contributed by atoms with E-state index in [9.17, 15) is 0 Å². The zero-order chi connectivity index (χ0) is 22.7. The first-order valence-corrected chi connectivity index (χ1v) is 14.4. The summed E-state index contributed by atoms with van der Waals surface area (Å²) in [7, 11) is 0. The number of hydrogen-bond acceptors (Lipinski definition) is 1. The van der Waals surface area contributed by atoms with Crippen LogP contribution in [0.3, 0.4) is 0 Å². The van der Waals surface area contributed by atoms with Gasteiger partial charge < -0.3 is 4.74 Å². The molecule has 0 N–H and O–H groups in total. The van der Waals surface area contributed by atoms with Crippen molar-refractivity contribution in [1.82, 2.24) is 0 Å². The van der Waals surface area contributed by atoms with Gasteiger partial charge in [-0.25, -0.2) is 0 Å². The average molecular weight is 549 g/mol. The van der Waals surface area contributed by atoms with Crippen LogP contribution in [0.1, 0.15) is 110 Å². The van der Waals surface area contributed by atoms with Gasteiger partial charge in [0.05, 0.1) is 6.61 Å². The average Bonchev–Trinajstić information content (AvgIpc) is 2.82. The van der Waals surface area contributed by atoms with E-state index < -0.39 is 0 Å². The standard InChI is InChI=1S/C30H45IO/c1-2-3-4-5-6-7-8-9-10-11-12-13-14-15-16-20-25-32-28-23-24-30(31)29(26-28)27-21-18-17-19-22-27/h17-19,21-24,26H,2-16,20,25H2,1H3. The Bertz CT molecular complexity index is 697. The summed E-state index contributed by atoms with van der Waals surface area (Å²) in [5, 5.41) is 0. The topological polar surface area (TPSA) is 9.23 Å². The van der Waals surface area contributed by atoms with Crippen molar-refractivity contribution in [2.45, 2.75) is 110 Å². The smallest absolute Gasteiger partial charge is 0.119 e. The second-order valence-electron chi connectivity index (χ2n) is 9.16. The van der Waals surface area contributed by atoms with Crippen molar-refractivity contribution in [2.75, 3.05) is 6.61 Å². The SMILES string of the molecule is CCCCCCCCCCCCCCCCCCOc1ccc(I)c(-c2ccccc2)c1. The molecule has 0 saturated heterocycles. The van der Waals surface area contributed by atoms with E-state index in [4.69, 9.17) is 4.74 Å². The van der Waals surface area contributed by atoms with E-state index in [0.717, 1.165) is 18.8 Å². The molecular formula is C30H45IO. The van der Waals surface area contributed by atoms with Gasteiger partial charge in [0.1, 0.15) is 5.75 Å². The monoisotopic (exact) mass is 548 g/mol. The van der Waals surface area contributed by atoms with Gasteiger partial charge in [-0.1, -0.05) is 134 Å². The Kier molecular flexibility index (Phi) is 15.7. The van der Waals surface area contributed by atoms with Crippen LogP contribution in [0.2, 0.25) is 0 Å². The zero-order valence-electron chi connectivity index (χ0n) is 20.4. The van der Waals surface area contributed by atoms with Crippen LogP contribution in [0.25, 0.3) is 11.1 Å². The van der Waals surface area contributed by atoms with Gasteiger partial charge in [-0.05, 0) is 58.3 Å². The van der Waals surface area contributed by atoms with Crippen LogP contribution in [0.15, 0.2) is 48.5 Å². The maximum Gasteiger partial charge on any atom is 0.119 e. The first-order valence-electron chi connectivity index (χ1n) is 13.3. The molecule has 0 amide bonds. The number of ether oxygens (including phenoxy) is 1. The molecule has 0 radical (unpaired) electrons. The third-order valence-electron chi connectivity index (χ3n) is 6.29. The number of unbranched alkanes of at least 4 members (excludes halogenated alkanes) is 15. The van der Waals surface area contributed by atoms with Gasteiger partial charge in [0.15, 0.2) is 0 Å². The predicted molar refractivity (Wildman–Crippen MR) is 150 cm³/mol. The molecule has 2 rings (SSSR count). The molecule has 0 spiro atoms. The summed E-state index contributed by atoms with van der Waals surface area (Å²) >= 11 is 2.41. The van der Waals surface area contributed by atoms with E-state index >= 15 is 0 Å². The highest BCUT2D eigenvalue weighted by Gasteiger charge is 2.05. The highest BCUT2D eigenvalue weighted by molar-refractivity contribution is 14.1. The molecule has 0 bridgehead atoms. The second-order valence-corrected chi connectivity index (χ2v) is 10.3. The number of benzene rings is 2. The fraction of sp³-hybridized carbons (Fsp3) is 0.600. The number of rotatable bonds is 19. The molecule has 0 saturated carbocycles. The first kappa shape index (κ1) is 27.2. The minimum absolute atomic E-state index is 0.827. The summed E-state index contributed by atoms with van der Waals surface area (Å²) in [6.07, 6.45) is 22.4. The van der Waals surface area contributed by atoms with Gasteiger partial charge in [0, 0.05) is 3.57 Å². The van der Waals surface area contributed by atoms with Gasteiger partial charge in [-0.15, -0.1) is 0 Å². The highest BCUT2D eigenvalue weighted by Crippen LogP contribution is 2.29. The molecule has 32 heavy (non-hydrogen) atoms. The maximum absolute atomic E-state index is 6.04. The van der Waals surface area contributed by atoms with E-state index in [1.54, 1.807) is 0 Å². The summed E-state index contributed by atoms with van der Waals surface area (Å²) in [6, 6.07) is 17.0. The van der Waals surface area contributed by atoms with Gasteiger partial charge in [0.25, 0.3) is 0 Å². The molecule has 0 aliphatic carbocycles. The molecule has 0 heterocycles. The molecule has 178 valence electrons. The molecule has 0 fully saturated rings. The minimum atomic E-state index is 0.827. The lowest BCUT2D eigenvalue weighted by Crippen LogP contribution is -1.98. The van der Waals surface area contributed by atoms with Crippen LogP contribution in [0.5, 0.6) is 5.75 Å². The minimum Gasteiger partial charge on any atom is -0.494 e. The molecule has 0 aromatic heterocycles. The largest absolute Gasteiger partial charge is 0.494 e. The van der Waals surface area contributed by atoms with Crippen molar-refractivity contribution in [3.63, 3.8) is 0 Å². The van der Waals surface area contributed by atoms with Crippen molar-refractivity contribution in [1.29, 1.82) is 0 Å². The Morgan fingerprint density at radius 1 is 0.594 bits per heavy atom. The van der Waals surface area contributed by atoms with Crippen LogP contribution in [-0.4, -0.2) is 6.61 Å². The maximum atomic E-state index is 6.04. The van der Waals surface area contributed by atoms with Gasteiger partial charge in [-0.3, -0.25) is 0 Å². The van der Waals surface area contributed by atoms with E-state index in [1.807, 2.05) is 0 Å².